The summed E-state index contributed by atoms with van der Waals surface area (Å²) in [6.45, 7) is 0. The molecule has 0 aliphatic rings. The molecule has 1 amide bonds. The molecule has 3 rings (SSSR count). The van der Waals surface area contributed by atoms with Crippen molar-refractivity contribution < 1.29 is 4.79 Å². The topological polar surface area (TPSA) is 68.7 Å². The van der Waals surface area contributed by atoms with Crippen LogP contribution in [0.2, 0.25) is 5.02 Å². The van der Waals surface area contributed by atoms with E-state index >= 15 is 0 Å². The van der Waals surface area contributed by atoms with Gasteiger partial charge in [-0.15, -0.1) is 0 Å². The molecule has 0 saturated heterocycles. The smallest absolute Gasteiger partial charge is 0.255 e. The first-order valence-electron chi connectivity index (χ1n) is 6.25. The molecular weight excluding hydrogens is 286 g/mol. The number of nitrogens with one attached hydrogen (secondary N) is 2. The van der Waals surface area contributed by atoms with Crippen LogP contribution in [0, 0.1) is 11.3 Å². The normalized spacial score (nSPS) is 10.3. The number of benzene rings is 2. The van der Waals surface area contributed by atoms with Crippen LogP contribution in [-0.2, 0) is 0 Å². The number of aromatic amines is 1. The molecule has 5 heteroatoms. The van der Waals surface area contributed by atoms with Crippen LogP contribution in [0.1, 0.15) is 15.9 Å². The van der Waals surface area contributed by atoms with Crippen LogP contribution in [0.25, 0.3) is 10.9 Å². The Labute approximate surface area is 126 Å². The summed E-state index contributed by atoms with van der Waals surface area (Å²) in [7, 11) is 0. The number of carbonyl (C=O) groups excluding carboxylic acids is 1. The number of hydrogen-bond donors (Lipinski definition) is 2. The summed E-state index contributed by atoms with van der Waals surface area (Å²) in [5.41, 5.74) is 2.47. The van der Waals surface area contributed by atoms with Crippen LogP contribution >= 0.6 is 11.6 Å². The van der Waals surface area contributed by atoms with Crippen LogP contribution < -0.4 is 5.32 Å². The highest BCUT2D eigenvalue weighted by Gasteiger charge is 2.08. The third-order valence-corrected chi connectivity index (χ3v) is 3.48. The lowest BCUT2D eigenvalue weighted by atomic mass is 10.1. The van der Waals surface area contributed by atoms with Gasteiger partial charge in [0.15, 0.2) is 0 Å². The Morgan fingerprint density at radius 2 is 2.05 bits per heavy atom. The highest BCUT2D eigenvalue weighted by molar-refractivity contribution is 6.32. The molecule has 0 bridgehead atoms. The first-order valence-corrected chi connectivity index (χ1v) is 6.63. The minimum absolute atomic E-state index is 0.223. The fourth-order valence-corrected chi connectivity index (χ4v) is 2.30. The Morgan fingerprint density at radius 1 is 1.19 bits per heavy atom. The number of nitriles is 1. The van der Waals surface area contributed by atoms with Crippen molar-refractivity contribution in [2.75, 3.05) is 5.32 Å². The average molecular weight is 296 g/mol. The summed E-state index contributed by atoms with van der Waals surface area (Å²) in [4.78, 5) is 15.3. The third-order valence-electron chi connectivity index (χ3n) is 3.16. The van der Waals surface area contributed by atoms with E-state index in [1.54, 1.807) is 24.3 Å². The number of halogens is 1. The lowest BCUT2D eigenvalue weighted by Crippen LogP contribution is -2.11. The summed E-state index contributed by atoms with van der Waals surface area (Å²) in [5.74, 6) is -0.223. The van der Waals surface area contributed by atoms with Gasteiger partial charge >= 0.3 is 0 Å². The predicted octanol–water partition coefficient (Wildman–Crippen LogP) is 3.95. The molecule has 21 heavy (non-hydrogen) atoms. The van der Waals surface area contributed by atoms with E-state index in [1.807, 2.05) is 30.5 Å². The number of aromatic nitrogens is 1. The molecule has 3 aromatic rings. The molecule has 0 aliphatic heterocycles. The van der Waals surface area contributed by atoms with Crippen molar-refractivity contribution in [1.29, 1.82) is 5.26 Å². The van der Waals surface area contributed by atoms with Crippen LogP contribution in [0.4, 0.5) is 5.69 Å². The molecule has 2 N–H and O–H groups in total. The van der Waals surface area contributed by atoms with Crippen molar-refractivity contribution in [3.05, 3.63) is 64.8 Å². The van der Waals surface area contributed by atoms with Gasteiger partial charge in [0.1, 0.15) is 6.07 Å². The molecule has 0 atom stereocenters. The van der Waals surface area contributed by atoms with Crippen molar-refractivity contribution in [3.8, 4) is 6.07 Å². The Balaban J connectivity index is 1.85. The van der Waals surface area contributed by atoms with Crippen LogP contribution in [-0.4, -0.2) is 10.9 Å². The average Bonchev–Trinajstić information content (AvgIpc) is 2.94. The maximum absolute atomic E-state index is 12.2. The van der Waals surface area contributed by atoms with Crippen molar-refractivity contribution in [1.82, 2.24) is 4.98 Å². The lowest BCUT2D eigenvalue weighted by molar-refractivity contribution is 0.102. The number of H-pyrrole nitrogens is 1. The zero-order valence-electron chi connectivity index (χ0n) is 10.9. The molecule has 0 saturated carbocycles. The summed E-state index contributed by atoms with van der Waals surface area (Å²) in [6.07, 6.45) is 1.83. The maximum Gasteiger partial charge on any atom is 0.255 e. The van der Waals surface area contributed by atoms with E-state index in [0.717, 1.165) is 10.9 Å². The van der Waals surface area contributed by atoms with Gasteiger partial charge < -0.3 is 10.3 Å². The van der Waals surface area contributed by atoms with Gasteiger partial charge in [-0.25, -0.2) is 0 Å². The van der Waals surface area contributed by atoms with E-state index in [0.29, 0.717) is 21.8 Å². The quantitative estimate of drug-likeness (QED) is 0.751. The molecule has 1 heterocycles. The van der Waals surface area contributed by atoms with Gasteiger partial charge in [0.05, 0.1) is 10.6 Å². The van der Waals surface area contributed by atoms with Gasteiger partial charge in [-0.1, -0.05) is 11.6 Å². The molecule has 0 radical (unpaired) electrons. The van der Waals surface area contributed by atoms with Crippen molar-refractivity contribution in [3.63, 3.8) is 0 Å². The molecule has 0 fully saturated rings. The van der Waals surface area contributed by atoms with Crippen molar-refractivity contribution in [2.45, 2.75) is 0 Å². The Bertz CT molecular complexity index is 877. The fraction of sp³-hybridized carbons (Fsp3) is 0. The molecule has 0 unspecified atom stereocenters. The van der Waals surface area contributed by atoms with Crippen molar-refractivity contribution in [2.24, 2.45) is 0 Å². The predicted molar refractivity (Wildman–Crippen MR) is 82.4 cm³/mol. The standard InChI is InChI=1S/C16H10ClN3O/c17-14-8-13(3-1-12(14)9-18)20-16(21)11-2-4-15-10(7-11)5-6-19-15/h1-8,19H,(H,20,21). The zero-order chi connectivity index (χ0) is 14.8. The SMILES string of the molecule is N#Cc1ccc(NC(=O)c2ccc3[nH]ccc3c2)cc1Cl. The fourth-order valence-electron chi connectivity index (χ4n) is 2.08. The Kier molecular flexibility index (Phi) is 3.35. The van der Waals surface area contributed by atoms with E-state index < -0.39 is 0 Å². The van der Waals surface area contributed by atoms with Gasteiger partial charge in [-0.3, -0.25) is 4.79 Å². The van der Waals surface area contributed by atoms with Crippen LogP contribution in [0.15, 0.2) is 48.7 Å². The second-order valence-electron chi connectivity index (χ2n) is 4.54. The molecule has 1 aromatic heterocycles. The first-order chi connectivity index (χ1) is 10.2. The number of nitrogens with zero attached hydrogens (tertiary/aromatic N) is 1. The molecule has 102 valence electrons. The summed E-state index contributed by atoms with van der Waals surface area (Å²) >= 11 is 5.94. The third kappa shape index (κ3) is 2.60. The highest BCUT2D eigenvalue weighted by atomic mass is 35.5. The minimum atomic E-state index is -0.223. The van der Waals surface area contributed by atoms with Crippen LogP contribution in [0.3, 0.4) is 0 Å². The molecule has 0 spiro atoms. The van der Waals surface area contributed by atoms with E-state index in [-0.39, 0.29) is 5.91 Å². The number of hydrogen-bond acceptors (Lipinski definition) is 2. The monoisotopic (exact) mass is 295 g/mol. The molecule has 2 aromatic carbocycles. The second-order valence-corrected chi connectivity index (χ2v) is 4.95. The molecule has 4 nitrogen and oxygen atoms in total. The van der Waals surface area contributed by atoms with Gasteiger partial charge in [-0.05, 0) is 42.5 Å². The maximum atomic E-state index is 12.2. The summed E-state index contributed by atoms with van der Waals surface area (Å²) in [5, 5.41) is 12.9. The lowest BCUT2D eigenvalue weighted by Gasteiger charge is -2.06. The Hall–Kier alpha value is -2.77. The van der Waals surface area contributed by atoms with E-state index in [4.69, 9.17) is 16.9 Å². The van der Waals surface area contributed by atoms with Gasteiger partial charge in [0.25, 0.3) is 5.91 Å². The first kappa shape index (κ1) is 13.2. The molecular formula is C16H10ClN3O. The summed E-state index contributed by atoms with van der Waals surface area (Å²) in [6, 6.07) is 14.1. The number of rotatable bonds is 2. The van der Waals surface area contributed by atoms with E-state index in [9.17, 15) is 4.79 Å². The summed E-state index contributed by atoms with van der Waals surface area (Å²) < 4.78 is 0. The van der Waals surface area contributed by atoms with Gasteiger partial charge in [-0.2, -0.15) is 5.26 Å². The van der Waals surface area contributed by atoms with Gasteiger partial charge in [0.2, 0.25) is 0 Å². The number of fused-ring (bicyclic) bond motifs is 1. The van der Waals surface area contributed by atoms with Crippen LogP contribution in [0.5, 0.6) is 0 Å². The van der Waals surface area contributed by atoms with E-state index in [2.05, 4.69) is 10.3 Å². The van der Waals surface area contributed by atoms with Gasteiger partial charge in [0, 0.05) is 28.4 Å². The number of amides is 1. The highest BCUT2D eigenvalue weighted by Crippen LogP contribution is 2.21. The number of anilines is 1. The minimum Gasteiger partial charge on any atom is -0.361 e. The largest absolute Gasteiger partial charge is 0.361 e. The van der Waals surface area contributed by atoms with Crippen molar-refractivity contribution >= 4 is 34.1 Å². The number of carbonyl (C=O) groups is 1. The second kappa shape index (κ2) is 5.31. The molecule has 0 aliphatic carbocycles. The Morgan fingerprint density at radius 3 is 2.81 bits per heavy atom. The zero-order valence-corrected chi connectivity index (χ0v) is 11.6. The van der Waals surface area contributed by atoms with E-state index in [1.165, 1.54) is 0 Å².